The number of phenols is 1. The molecule has 0 bridgehead atoms. The number of rotatable bonds is 2. The molecule has 2 rings (SSSR count). The maximum Gasteiger partial charge on any atom is 0.143 e. The van der Waals surface area contributed by atoms with E-state index in [0.29, 0.717) is 8.95 Å². The zero-order chi connectivity index (χ0) is 11.7. The second-order valence-electron chi connectivity index (χ2n) is 3.37. The van der Waals surface area contributed by atoms with E-state index in [1.165, 1.54) is 0 Å². The molecule has 3 N–H and O–H groups in total. The fourth-order valence-electron chi connectivity index (χ4n) is 1.41. The Kier molecular flexibility index (Phi) is 5.47. The van der Waals surface area contributed by atoms with Crippen molar-refractivity contribution in [3.05, 3.63) is 49.0 Å². The molecule has 0 spiro atoms. The molecule has 1 heterocycles. The number of benzene rings is 1. The standard InChI is InChI=1S/C11H9Br2NOS.ClH/c12-8-3-7(4-9(13)11(8)15)10(14)6-1-2-16-5-6;/h1-5,10,15H,14H2;1H/t10-;/m0./s1. The van der Waals surface area contributed by atoms with E-state index in [1.54, 1.807) is 11.3 Å². The first kappa shape index (κ1) is 15.0. The summed E-state index contributed by atoms with van der Waals surface area (Å²) >= 11 is 8.21. The average Bonchev–Trinajstić information content (AvgIpc) is 2.77. The van der Waals surface area contributed by atoms with Crippen molar-refractivity contribution in [3.63, 3.8) is 0 Å². The van der Waals surface area contributed by atoms with Gasteiger partial charge in [-0.15, -0.1) is 12.4 Å². The van der Waals surface area contributed by atoms with Crippen LogP contribution in [0.5, 0.6) is 5.75 Å². The quantitative estimate of drug-likeness (QED) is 0.784. The van der Waals surface area contributed by atoms with Gasteiger partial charge in [-0.3, -0.25) is 0 Å². The summed E-state index contributed by atoms with van der Waals surface area (Å²) in [6.45, 7) is 0. The first-order valence-electron chi connectivity index (χ1n) is 4.55. The molecule has 2 aromatic rings. The van der Waals surface area contributed by atoms with Crippen molar-refractivity contribution < 1.29 is 5.11 Å². The van der Waals surface area contributed by atoms with Crippen LogP contribution in [-0.2, 0) is 0 Å². The first-order valence-corrected chi connectivity index (χ1v) is 7.08. The van der Waals surface area contributed by atoms with Gasteiger partial charge in [-0.2, -0.15) is 11.3 Å². The van der Waals surface area contributed by atoms with Crippen LogP contribution in [0.25, 0.3) is 0 Å². The highest BCUT2D eigenvalue weighted by Crippen LogP contribution is 2.36. The molecule has 0 fully saturated rings. The smallest absolute Gasteiger partial charge is 0.143 e. The van der Waals surface area contributed by atoms with Crippen LogP contribution >= 0.6 is 55.6 Å². The summed E-state index contributed by atoms with van der Waals surface area (Å²) < 4.78 is 1.28. The molecule has 0 unspecified atom stereocenters. The van der Waals surface area contributed by atoms with E-state index >= 15 is 0 Å². The SMILES string of the molecule is Cl.N[C@@H](c1ccsc1)c1cc(Br)c(O)c(Br)c1. The second-order valence-corrected chi connectivity index (χ2v) is 5.86. The van der Waals surface area contributed by atoms with Crippen LogP contribution in [0.2, 0.25) is 0 Å². The van der Waals surface area contributed by atoms with Crippen LogP contribution < -0.4 is 5.73 Å². The minimum absolute atomic E-state index is 0. The van der Waals surface area contributed by atoms with Crippen molar-refractivity contribution >= 4 is 55.6 Å². The predicted molar refractivity (Wildman–Crippen MR) is 81.1 cm³/mol. The Hall–Kier alpha value is -0.0700. The number of hydrogen-bond acceptors (Lipinski definition) is 3. The lowest BCUT2D eigenvalue weighted by molar-refractivity contribution is 0.468. The summed E-state index contributed by atoms with van der Waals surface area (Å²) in [7, 11) is 0. The summed E-state index contributed by atoms with van der Waals surface area (Å²) in [5.41, 5.74) is 8.16. The molecule has 0 aliphatic heterocycles. The number of halogens is 3. The highest BCUT2D eigenvalue weighted by atomic mass is 79.9. The third-order valence-electron chi connectivity index (χ3n) is 2.30. The van der Waals surface area contributed by atoms with E-state index in [1.807, 2.05) is 29.0 Å². The van der Waals surface area contributed by atoms with Gasteiger partial charge in [-0.25, -0.2) is 0 Å². The van der Waals surface area contributed by atoms with Crippen LogP contribution in [0.3, 0.4) is 0 Å². The van der Waals surface area contributed by atoms with Gasteiger partial charge in [0.05, 0.1) is 15.0 Å². The zero-order valence-corrected chi connectivity index (χ0v) is 13.4. The summed E-state index contributed by atoms with van der Waals surface area (Å²) in [6, 6.07) is 5.51. The Balaban J connectivity index is 0.00000144. The van der Waals surface area contributed by atoms with Gasteiger partial charge in [-0.1, -0.05) is 0 Å². The highest BCUT2D eigenvalue weighted by molar-refractivity contribution is 9.11. The molecule has 0 radical (unpaired) electrons. The van der Waals surface area contributed by atoms with Crippen LogP contribution in [-0.4, -0.2) is 5.11 Å². The highest BCUT2D eigenvalue weighted by Gasteiger charge is 2.13. The van der Waals surface area contributed by atoms with Gasteiger partial charge in [-0.05, 0) is 71.9 Å². The largest absolute Gasteiger partial charge is 0.506 e. The van der Waals surface area contributed by atoms with Crippen LogP contribution in [0, 0.1) is 0 Å². The van der Waals surface area contributed by atoms with E-state index in [9.17, 15) is 5.11 Å². The minimum Gasteiger partial charge on any atom is -0.506 e. The lowest BCUT2D eigenvalue weighted by atomic mass is 10.0. The third kappa shape index (κ3) is 3.23. The normalized spacial score (nSPS) is 11.9. The Morgan fingerprint density at radius 2 is 1.76 bits per heavy atom. The summed E-state index contributed by atoms with van der Waals surface area (Å²) in [4.78, 5) is 0. The van der Waals surface area contributed by atoms with Crippen LogP contribution in [0.4, 0.5) is 0 Å². The van der Waals surface area contributed by atoms with E-state index in [0.717, 1.165) is 11.1 Å². The van der Waals surface area contributed by atoms with Crippen molar-refractivity contribution in [3.8, 4) is 5.75 Å². The van der Waals surface area contributed by atoms with E-state index in [2.05, 4.69) is 31.9 Å². The maximum atomic E-state index is 9.61. The van der Waals surface area contributed by atoms with Gasteiger partial charge in [0.15, 0.2) is 0 Å². The van der Waals surface area contributed by atoms with Gasteiger partial charge in [0.25, 0.3) is 0 Å². The van der Waals surface area contributed by atoms with Crippen molar-refractivity contribution in [2.75, 3.05) is 0 Å². The van der Waals surface area contributed by atoms with Crippen molar-refractivity contribution in [1.82, 2.24) is 0 Å². The lowest BCUT2D eigenvalue weighted by Crippen LogP contribution is -2.10. The van der Waals surface area contributed by atoms with Crippen molar-refractivity contribution in [1.29, 1.82) is 0 Å². The number of phenolic OH excluding ortho intramolecular Hbond substituents is 1. The topological polar surface area (TPSA) is 46.2 Å². The molecular weight excluding hydrogens is 389 g/mol. The van der Waals surface area contributed by atoms with Gasteiger partial charge in [0.1, 0.15) is 5.75 Å². The monoisotopic (exact) mass is 397 g/mol. The van der Waals surface area contributed by atoms with Gasteiger partial charge in [0.2, 0.25) is 0 Å². The maximum absolute atomic E-state index is 9.61. The average molecular weight is 400 g/mol. The van der Waals surface area contributed by atoms with Crippen molar-refractivity contribution in [2.24, 2.45) is 5.73 Å². The molecule has 0 saturated heterocycles. The van der Waals surface area contributed by atoms with E-state index in [-0.39, 0.29) is 24.2 Å². The van der Waals surface area contributed by atoms with Gasteiger partial charge < -0.3 is 10.8 Å². The summed E-state index contributed by atoms with van der Waals surface area (Å²) in [5.74, 6) is 0.196. The van der Waals surface area contributed by atoms with Gasteiger partial charge >= 0.3 is 0 Å². The molecule has 6 heteroatoms. The van der Waals surface area contributed by atoms with E-state index in [4.69, 9.17) is 5.73 Å². The van der Waals surface area contributed by atoms with Crippen molar-refractivity contribution in [2.45, 2.75) is 6.04 Å². The van der Waals surface area contributed by atoms with Gasteiger partial charge in [0, 0.05) is 0 Å². The first-order chi connectivity index (χ1) is 7.59. The molecule has 1 aromatic carbocycles. The Morgan fingerprint density at radius 1 is 1.18 bits per heavy atom. The lowest BCUT2D eigenvalue weighted by Gasteiger charge is -2.12. The number of aromatic hydroxyl groups is 1. The fourth-order valence-corrected chi connectivity index (χ4v) is 3.33. The minimum atomic E-state index is -0.167. The third-order valence-corrected chi connectivity index (χ3v) is 4.21. The molecule has 2 nitrogen and oxygen atoms in total. The molecule has 0 aliphatic carbocycles. The molecule has 92 valence electrons. The predicted octanol–water partition coefficient (Wildman–Crippen LogP) is 4.45. The Morgan fingerprint density at radius 3 is 2.24 bits per heavy atom. The zero-order valence-electron chi connectivity index (χ0n) is 8.56. The summed E-state index contributed by atoms with van der Waals surface area (Å²) in [5, 5.41) is 13.6. The molecule has 1 atom stereocenters. The molecule has 1 aromatic heterocycles. The second kappa shape index (κ2) is 6.20. The number of hydrogen-bond donors (Lipinski definition) is 2. The fraction of sp³-hybridized carbons (Fsp3) is 0.0909. The Bertz CT molecular complexity index is 481. The summed E-state index contributed by atoms with van der Waals surface area (Å²) in [6.07, 6.45) is 0. The number of thiophene rings is 1. The molecule has 0 aliphatic rings. The Labute approximate surface area is 127 Å². The molecule has 0 amide bonds. The number of nitrogens with two attached hydrogens (primary N) is 1. The molecule has 17 heavy (non-hydrogen) atoms. The molecular formula is C11H10Br2ClNOS. The van der Waals surface area contributed by atoms with Crippen LogP contribution in [0.15, 0.2) is 37.9 Å². The molecule has 0 saturated carbocycles. The van der Waals surface area contributed by atoms with Crippen LogP contribution in [0.1, 0.15) is 17.2 Å². The van der Waals surface area contributed by atoms with E-state index < -0.39 is 0 Å².